The van der Waals surface area contributed by atoms with E-state index >= 15 is 0 Å². The van der Waals surface area contributed by atoms with E-state index in [4.69, 9.17) is 9.47 Å². The second kappa shape index (κ2) is 17.0. The van der Waals surface area contributed by atoms with Gasteiger partial charge in [0.1, 0.15) is 37.9 Å². The third kappa shape index (κ3) is 11.6. The number of hydrogen-bond donors (Lipinski definition) is 6. The number of rotatable bonds is 12. The zero-order valence-electron chi connectivity index (χ0n) is 24.3. The maximum Gasteiger partial charge on any atom is 0.407 e. The lowest BCUT2D eigenvalue weighted by molar-refractivity contribution is -0.116. The molecule has 0 saturated heterocycles. The predicted molar refractivity (Wildman–Crippen MR) is 168 cm³/mol. The van der Waals surface area contributed by atoms with E-state index in [9.17, 15) is 24.0 Å². The van der Waals surface area contributed by atoms with Crippen molar-refractivity contribution in [1.29, 1.82) is 0 Å². The number of nitrogens with one attached hydrogen (secondary N) is 6. The highest BCUT2D eigenvalue weighted by Crippen LogP contribution is 2.12. The van der Waals surface area contributed by atoms with Crippen molar-refractivity contribution >= 4 is 53.0 Å². The van der Waals surface area contributed by atoms with Gasteiger partial charge in [-0.05, 0) is 35.4 Å². The molecule has 0 atom stereocenters. The van der Waals surface area contributed by atoms with Gasteiger partial charge in [0, 0.05) is 0 Å². The van der Waals surface area contributed by atoms with Crippen LogP contribution in [0, 0.1) is 0 Å². The van der Waals surface area contributed by atoms with E-state index in [2.05, 4.69) is 41.9 Å². The number of hydrogen-bond acceptors (Lipinski definition) is 9. The number of alkyl carbamates (subject to hydrolysis) is 2. The Kier molecular flexibility index (Phi) is 11.9. The fourth-order valence-corrected chi connectivity index (χ4v) is 3.61. The smallest absolute Gasteiger partial charge is 0.407 e. The Morgan fingerprint density at radius 1 is 0.522 bits per heavy atom. The summed E-state index contributed by atoms with van der Waals surface area (Å²) in [5, 5.41) is 14.9. The van der Waals surface area contributed by atoms with Crippen LogP contribution in [0.5, 0.6) is 0 Å². The summed E-state index contributed by atoms with van der Waals surface area (Å²) in [6.45, 7) is -0.470. The van der Waals surface area contributed by atoms with E-state index in [0.29, 0.717) is 11.4 Å². The lowest BCUT2D eigenvalue weighted by Gasteiger charge is -2.10. The fraction of sp³-hybridized carbons (Fsp3) is 0.129. The lowest BCUT2D eigenvalue weighted by Crippen LogP contribution is -2.33. The molecule has 2 aromatic heterocycles. The molecule has 0 fully saturated rings. The number of carbonyl (C=O) groups excluding carboxylic acids is 5. The van der Waals surface area contributed by atoms with Crippen molar-refractivity contribution in [3.63, 3.8) is 0 Å². The molecule has 0 aliphatic rings. The van der Waals surface area contributed by atoms with Gasteiger partial charge >= 0.3 is 18.2 Å². The van der Waals surface area contributed by atoms with Crippen LogP contribution in [0.4, 0.5) is 37.4 Å². The standard InChI is InChI=1S/C31H30N8O7/c40-27(17-34-30(43)45-19-21-7-3-1-4-8-21)36-23-11-13-25(32-15-23)38-29(42)39-26-14-12-24(16-33-26)37-28(41)18-35-31(44)46-20-22-9-5-2-6-10-22/h1-16H,17-20H2,(H,34,43)(H,35,44)(H,36,40)(H,37,41)(H2,32,33,38,39,42). The quantitative estimate of drug-likeness (QED) is 0.135. The van der Waals surface area contributed by atoms with E-state index in [1.165, 1.54) is 36.7 Å². The van der Waals surface area contributed by atoms with Gasteiger partial charge in [0.25, 0.3) is 0 Å². The largest absolute Gasteiger partial charge is 0.445 e. The average molecular weight is 627 g/mol. The van der Waals surface area contributed by atoms with Crippen LogP contribution in [0.3, 0.4) is 0 Å². The molecule has 0 bridgehead atoms. The van der Waals surface area contributed by atoms with E-state index in [1.54, 1.807) is 0 Å². The first kappa shape index (κ1) is 32.4. The van der Waals surface area contributed by atoms with Crippen LogP contribution in [-0.2, 0) is 32.3 Å². The van der Waals surface area contributed by atoms with Gasteiger partial charge in [-0.2, -0.15) is 0 Å². The van der Waals surface area contributed by atoms with Crippen LogP contribution < -0.4 is 31.9 Å². The highest BCUT2D eigenvalue weighted by Gasteiger charge is 2.10. The number of pyridine rings is 2. The summed E-state index contributed by atoms with van der Waals surface area (Å²) in [6.07, 6.45) is 1.19. The average Bonchev–Trinajstić information content (AvgIpc) is 3.07. The molecule has 4 aromatic rings. The summed E-state index contributed by atoms with van der Waals surface area (Å²) >= 11 is 0. The second-order valence-corrected chi connectivity index (χ2v) is 9.37. The molecule has 6 amide bonds. The molecule has 6 N–H and O–H groups in total. The minimum Gasteiger partial charge on any atom is -0.445 e. The van der Waals surface area contributed by atoms with E-state index in [1.807, 2.05) is 60.7 Å². The molecule has 0 spiro atoms. The van der Waals surface area contributed by atoms with Gasteiger partial charge in [0.15, 0.2) is 0 Å². The third-order valence-electron chi connectivity index (χ3n) is 5.79. The molecule has 0 aliphatic carbocycles. The molecule has 0 aliphatic heterocycles. The summed E-state index contributed by atoms with van der Waals surface area (Å²) in [4.78, 5) is 68.3. The zero-order valence-corrected chi connectivity index (χ0v) is 24.3. The van der Waals surface area contributed by atoms with Crippen LogP contribution in [0.25, 0.3) is 0 Å². The zero-order chi connectivity index (χ0) is 32.6. The molecule has 236 valence electrons. The van der Waals surface area contributed by atoms with Crippen molar-refractivity contribution in [3.05, 3.63) is 108 Å². The van der Waals surface area contributed by atoms with Crippen molar-refractivity contribution in [2.45, 2.75) is 13.2 Å². The Morgan fingerprint density at radius 2 is 0.935 bits per heavy atom. The van der Waals surface area contributed by atoms with Crippen LogP contribution >= 0.6 is 0 Å². The van der Waals surface area contributed by atoms with Crippen LogP contribution in [0.2, 0.25) is 0 Å². The summed E-state index contributed by atoms with van der Waals surface area (Å²) in [5.41, 5.74) is 2.32. The van der Waals surface area contributed by atoms with Gasteiger partial charge < -0.3 is 30.7 Å². The number of ether oxygens (including phenoxy) is 2. The van der Waals surface area contributed by atoms with Gasteiger partial charge in [-0.25, -0.2) is 24.4 Å². The number of benzene rings is 2. The van der Waals surface area contributed by atoms with Crippen molar-refractivity contribution < 1.29 is 33.4 Å². The van der Waals surface area contributed by atoms with Gasteiger partial charge in [0.05, 0.1) is 23.8 Å². The van der Waals surface area contributed by atoms with E-state index in [0.717, 1.165) is 11.1 Å². The first-order valence-electron chi connectivity index (χ1n) is 13.8. The first-order chi connectivity index (χ1) is 22.3. The second-order valence-electron chi connectivity index (χ2n) is 9.37. The summed E-state index contributed by atoms with van der Waals surface area (Å²) < 4.78 is 10.1. The van der Waals surface area contributed by atoms with E-state index < -0.39 is 30.0 Å². The summed E-state index contributed by atoms with van der Waals surface area (Å²) in [6, 6.07) is 23.6. The Balaban J connectivity index is 1.11. The molecular weight excluding hydrogens is 596 g/mol. The molecule has 4 rings (SSSR count). The Labute approximate surface area is 263 Å². The van der Waals surface area contributed by atoms with Gasteiger partial charge in [-0.3, -0.25) is 20.2 Å². The Bertz CT molecular complexity index is 1500. The number of aromatic nitrogens is 2. The first-order valence-corrected chi connectivity index (χ1v) is 13.8. The number of nitrogens with zero attached hydrogens (tertiary/aromatic N) is 2. The molecule has 2 heterocycles. The van der Waals surface area contributed by atoms with E-state index in [-0.39, 0.29) is 37.9 Å². The normalized spacial score (nSPS) is 10.1. The summed E-state index contributed by atoms with van der Waals surface area (Å²) in [5.74, 6) is -0.617. The fourth-order valence-electron chi connectivity index (χ4n) is 3.61. The minimum absolute atomic E-state index is 0.0782. The minimum atomic E-state index is -0.734. The molecule has 15 nitrogen and oxygen atoms in total. The molecule has 0 radical (unpaired) electrons. The number of urea groups is 1. The van der Waals surface area contributed by atoms with Gasteiger partial charge in [0.2, 0.25) is 11.8 Å². The molecule has 15 heteroatoms. The van der Waals surface area contributed by atoms with Crippen molar-refractivity contribution in [2.24, 2.45) is 0 Å². The molecule has 0 unspecified atom stereocenters. The topological polar surface area (TPSA) is 202 Å². The number of anilines is 4. The van der Waals surface area contributed by atoms with Crippen molar-refractivity contribution in [1.82, 2.24) is 20.6 Å². The summed E-state index contributed by atoms with van der Waals surface area (Å²) in [7, 11) is 0. The van der Waals surface area contributed by atoms with Gasteiger partial charge in [-0.1, -0.05) is 60.7 Å². The van der Waals surface area contributed by atoms with Crippen molar-refractivity contribution in [2.75, 3.05) is 34.4 Å². The lowest BCUT2D eigenvalue weighted by atomic mass is 10.2. The highest BCUT2D eigenvalue weighted by atomic mass is 16.6. The number of amides is 6. The van der Waals surface area contributed by atoms with Crippen molar-refractivity contribution in [3.8, 4) is 0 Å². The molecule has 46 heavy (non-hydrogen) atoms. The third-order valence-corrected chi connectivity index (χ3v) is 5.79. The van der Waals surface area contributed by atoms with Crippen LogP contribution in [0.1, 0.15) is 11.1 Å². The SMILES string of the molecule is O=C(CNC(=O)OCc1ccccc1)Nc1ccc(NC(=O)Nc2ccc(NC(=O)CNC(=O)OCc3ccccc3)cn2)nc1. The maximum absolute atomic E-state index is 12.3. The van der Waals surface area contributed by atoms with Crippen LogP contribution in [-0.4, -0.2) is 53.1 Å². The Morgan fingerprint density at radius 3 is 1.30 bits per heavy atom. The number of carbonyl (C=O) groups is 5. The monoisotopic (exact) mass is 626 g/mol. The van der Waals surface area contributed by atoms with Crippen LogP contribution in [0.15, 0.2) is 97.3 Å². The molecular formula is C31H30N8O7. The highest BCUT2D eigenvalue weighted by molar-refractivity contribution is 5.99. The predicted octanol–water partition coefficient (Wildman–Crippen LogP) is 3.85. The Hall–Kier alpha value is -6.51. The maximum atomic E-state index is 12.3. The molecule has 0 saturated carbocycles. The molecule has 2 aromatic carbocycles. The van der Waals surface area contributed by atoms with Gasteiger partial charge in [-0.15, -0.1) is 0 Å².